The molecule has 1 atom stereocenters. The van der Waals surface area contributed by atoms with Gasteiger partial charge < -0.3 is 16.0 Å². The first kappa shape index (κ1) is 17.2. The average molecular weight is 368 g/mol. The second-order valence-corrected chi connectivity index (χ2v) is 6.91. The van der Waals surface area contributed by atoms with Crippen LogP contribution in [0, 0.1) is 5.92 Å². The zero-order chi connectivity index (χ0) is 19.0. The second kappa shape index (κ2) is 6.82. The van der Waals surface area contributed by atoms with Gasteiger partial charge in [0.1, 0.15) is 5.82 Å². The van der Waals surface area contributed by atoms with E-state index in [9.17, 15) is 14.4 Å². The van der Waals surface area contributed by atoms with Crippen molar-refractivity contribution in [1.82, 2.24) is 15.0 Å². The highest BCUT2D eigenvalue weighted by Gasteiger charge is 2.32. The van der Waals surface area contributed by atoms with Gasteiger partial charge in [0.2, 0.25) is 17.8 Å². The van der Waals surface area contributed by atoms with Crippen molar-refractivity contribution in [3.05, 3.63) is 46.0 Å². The Kier molecular flexibility index (Phi) is 4.35. The van der Waals surface area contributed by atoms with Crippen LogP contribution in [0.5, 0.6) is 0 Å². The molecule has 9 nitrogen and oxygen atoms in total. The van der Waals surface area contributed by atoms with Crippen molar-refractivity contribution in [3.63, 3.8) is 0 Å². The van der Waals surface area contributed by atoms with Gasteiger partial charge in [-0.1, -0.05) is 6.07 Å². The van der Waals surface area contributed by atoms with Crippen LogP contribution in [0.2, 0.25) is 0 Å². The normalized spacial score (nSPS) is 20.1. The Balaban J connectivity index is 1.67. The minimum absolute atomic E-state index is 0.153. The molecule has 27 heavy (non-hydrogen) atoms. The van der Waals surface area contributed by atoms with Gasteiger partial charge in [0.25, 0.3) is 5.56 Å². The van der Waals surface area contributed by atoms with E-state index in [-0.39, 0.29) is 41.4 Å². The van der Waals surface area contributed by atoms with Crippen molar-refractivity contribution in [2.45, 2.75) is 25.2 Å². The molecule has 4 heterocycles. The first-order chi connectivity index (χ1) is 13.0. The lowest BCUT2D eigenvalue weighted by Gasteiger charge is -2.32. The summed E-state index contributed by atoms with van der Waals surface area (Å²) in [5.41, 5.74) is 6.34. The second-order valence-electron chi connectivity index (χ2n) is 6.91. The summed E-state index contributed by atoms with van der Waals surface area (Å²) in [6, 6.07) is 3.63. The molecule has 0 spiro atoms. The molecular formula is C18H20N6O3. The molecule has 9 heteroatoms. The van der Waals surface area contributed by atoms with Gasteiger partial charge in [-0.25, -0.2) is 0 Å². The minimum atomic E-state index is -0.381. The molecule has 2 aliphatic heterocycles. The summed E-state index contributed by atoms with van der Waals surface area (Å²) in [5.74, 6) is -0.334. The number of hydrogen-bond donors (Lipinski definition) is 3. The number of aromatic amines is 1. The zero-order valence-electron chi connectivity index (χ0n) is 14.6. The summed E-state index contributed by atoms with van der Waals surface area (Å²) in [4.78, 5) is 49.7. The summed E-state index contributed by atoms with van der Waals surface area (Å²) < 4.78 is 0. The van der Waals surface area contributed by atoms with Gasteiger partial charge in [0.05, 0.1) is 5.56 Å². The van der Waals surface area contributed by atoms with E-state index in [1.165, 1.54) is 0 Å². The largest absolute Gasteiger partial charge is 0.369 e. The maximum Gasteiger partial charge on any atom is 0.258 e. The van der Waals surface area contributed by atoms with Crippen molar-refractivity contribution in [2.24, 2.45) is 11.7 Å². The molecular weight excluding hydrogens is 348 g/mol. The summed E-state index contributed by atoms with van der Waals surface area (Å²) >= 11 is 0. The van der Waals surface area contributed by atoms with E-state index >= 15 is 0 Å². The fourth-order valence-corrected chi connectivity index (χ4v) is 3.75. The Labute approximate surface area is 155 Å². The predicted molar refractivity (Wildman–Crippen MR) is 98.3 cm³/mol. The molecule has 2 amide bonds. The van der Waals surface area contributed by atoms with Gasteiger partial charge in [0, 0.05) is 43.7 Å². The number of rotatable bonds is 3. The lowest BCUT2D eigenvalue weighted by molar-refractivity contribution is -0.122. The van der Waals surface area contributed by atoms with Gasteiger partial charge in [-0.05, 0) is 24.5 Å². The van der Waals surface area contributed by atoms with Crippen LogP contribution < -0.4 is 21.5 Å². The standard InChI is InChI=1S/C18H20N6O3/c19-15(26)10-3-6-24(7-4-10)18-22-16-14(17(27)23-18)12(8-13(25)21-16)11-2-1-5-20-9-11/h1-2,5,9-10,12H,3-4,6-8H2,(H2,19,26)(H2,21,22,23,25,27)/t12-/m1/s1. The number of fused-ring (bicyclic) bond motifs is 1. The maximum atomic E-state index is 12.8. The Morgan fingerprint density at radius 1 is 1.26 bits per heavy atom. The fourth-order valence-electron chi connectivity index (χ4n) is 3.75. The molecule has 2 aromatic rings. The molecule has 4 rings (SSSR count). The molecule has 2 aliphatic rings. The number of nitrogens with zero attached hydrogens (tertiary/aromatic N) is 3. The Morgan fingerprint density at radius 3 is 2.70 bits per heavy atom. The number of carbonyl (C=O) groups excluding carboxylic acids is 2. The summed E-state index contributed by atoms with van der Waals surface area (Å²) in [6.45, 7) is 1.13. The van der Waals surface area contributed by atoms with Crippen LogP contribution in [-0.4, -0.2) is 39.9 Å². The SMILES string of the molecule is NC(=O)C1CCN(c2nc3c(c(=O)[nH]2)[C@@H](c2cccnc2)CC(=O)N3)CC1. The topological polar surface area (TPSA) is 134 Å². The minimum Gasteiger partial charge on any atom is -0.369 e. The molecule has 2 aromatic heterocycles. The van der Waals surface area contributed by atoms with Crippen LogP contribution in [0.25, 0.3) is 0 Å². The van der Waals surface area contributed by atoms with E-state index in [0.29, 0.717) is 37.4 Å². The first-order valence-corrected chi connectivity index (χ1v) is 8.91. The van der Waals surface area contributed by atoms with E-state index in [1.807, 2.05) is 11.0 Å². The monoisotopic (exact) mass is 368 g/mol. The summed E-state index contributed by atoms with van der Waals surface area (Å²) in [5, 5.41) is 2.72. The highest BCUT2D eigenvalue weighted by molar-refractivity contribution is 5.94. The summed E-state index contributed by atoms with van der Waals surface area (Å²) in [6.07, 6.45) is 4.71. The number of primary amides is 1. The van der Waals surface area contributed by atoms with Gasteiger partial charge in [0.15, 0.2) is 0 Å². The molecule has 1 saturated heterocycles. The van der Waals surface area contributed by atoms with Crippen LogP contribution in [0.1, 0.15) is 36.3 Å². The Hall–Kier alpha value is -3.23. The molecule has 0 aromatic carbocycles. The number of carbonyl (C=O) groups is 2. The van der Waals surface area contributed by atoms with Gasteiger partial charge >= 0.3 is 0 Å². The quantitative estimate of drug-likeness (QED) is 0.715. The Bertz CT molecular complexity index is 934. The third kappa shape index (κ3) is 3.27. The predicted octanol–water partition coefficient (Wildman–Crippen LogP) is 0.341. The lowest BCUT2D eigenvalue weighted by Crippen LogP contribution is -2.41. The first-order valence-electron chi connectivity index (χ1n) is 8.91. The fraction of sp³-hybridized carbons (Fsp3) is 0.389. The number of pyridine rings is 1. The van der Waals surface area contributed by atoms with Crippen molar-refractivity contribution < 1.29 is 9.59 Å². The van der Waals surface area contributed by atoms with Crippen LogP contribution in [0.4, 0.5) is 11.8 Å². The molecule has 0 aliphatic carbocycles. The van der Waals surface area contributed by atoms with Crippen molar-refractivity contribution in [1.29, 1.82) is 0 Å². The molecule has 0 saturated carbocycles. The van der Waals surface area contributed by atoms with Crippen LogP contribution in [0.3, 0.4) is 0 Å². The molecule has 4 N–H and O–H groups in total. The van der Waals surface area contributed by atoms with Crippen molar-refractivity contribution >= 4 is 23.6 Å². The number of hydrogen-bond acceptors (Lipinski definition) is 6. The molecule has 140 valence electrons. The van der Waals surface area contributed by atoms with Gasteiger partial charge in [-0.2, -0.15) is 4.98 Å². The molecule has 1 fully saturated rings. The summed E-state index contributed by atoms with van der Waals surface area (Å²) in [7, 11) is 0. The average Bonchev–Trinajstić information content (AvgIpc) is 2.67. The van der Waals surface area contributed by atoms with E-state index in [1.54, 1.807) is 18.5 Å². The Morgan fingerprint density at radius 2 is 2.04 bits per heavy atom. The number of aromatic nitrogens is 3. The van der Waals surface area contributed by atoms with Gasteiger partial charge in [-0.3, -0.25) is 24.4 Å². The van der Waals surface area contributed by atoms with Crippen molar-refractivity contribution in [3.8, 4) is 0 Å². The van der Waals surface area contributed by atoms with Crippen LogP contribution >= 0.6 is 0 Å². The van der Waals surface area contributed by atoms with Gasteiger partial charge in [-0.15, -0.1) is 0 Å². The van der Waals surface area contributed by atoms with Crippen LogP contribution in [0.15, 0.2) is 29.3 Å². The number of nitrogens with two attached hydrogens (primary N) is 1. The lowest BCUT2D eigenvalue weighted by atomic mass is 9.88. The van der Waals surface area contributed by atoms with E-state index in [0.717, 1.165) is 5.56 Å². The number of nitrogens with one attached hydrogen (secondary N) is 2. The molecule has 0 bridgehead atoms. The highest BCUT2D eigenvalue weighted by atomic mass is 16.2. The highest BCUT2D eigenvalue weighted by Crippen LogP contribution is 2.34. The maximum absolute atomic E-state index is 12.8. The molecule has 0 unspecified atom stereocenters. The van der Waals surface area contributed by atoms with Crippen LogP contribution in [-0.2, 0) is 9.59 Å². The third-order valence-corrected chi connectivity index (χ3v) is 5.22. The van der Waals surface area contributed by atoms with E-state index < -0.39 is 0 Å². The number of anilines is 2. The van der Waals surface area contributed by atoms with E-state index in [2.05, 4.69) is 20.3 Å². The van der Waals surface area contributed by atoms with E-state index in [4.69, 9.17) is 5.73 Å². The number of piperidine rings is 1. The zero-order valence-corrected chi connectivity index (χ0v) is 14.6. The number of amides is 2. The third-order valence-electron chi connectivity index (χ3n) is 5.22. The van der Waals surface area contributed by atoms with Crippen molar-refractivity contribution in [2.75, 3.05) is 23.3 Å². The molecule has 0 radical (unpaired) electrons. The smallest absolute Gasteiger partial charge is 0.258 e. The number of H-pyrrole nitrogens is 1.